The normalized spacial score (nSPS) is 18.2. The molecule has 32 heavy (non-hydrogen) atoms. The van der Waals surface area contributed by atoms with E-state index in [1.807, 2.05) is 24.3 Å². The molecule has 1 aromatic carbocycles. The van der Waals surface area contributed by atoms with Crippen LogP contribution in [0.3, 0.4) is 0 Å². The van der Waals surface area contributed by atoms with Gasteiger partial charge in [0.25, 0.3) is 0 Å². The molecule has 1 fully saturated rings. The van der Waals surface area contributed by atoms with E-state index >= 15 is 0 Å². The molecule has 8 nitrogen and oxygen atoms in total. The van der Waals surface area contributed by atoms with Crippen molar-refractivity contribution in [1.82, 2.24) is 15.2 Å². The zero-order valence-electron chi connectivity index (χ0n) is 17.9. The van der Waals surface area contributed by atoms with Gasteiger partial charge in [-0.15, -0.1) is 10.2 Å². The highest BCUT2D eigenvalue weighted by Crippen LogP contribution is 2.37. The van der Waals surface area contributed by atoms with Crippen LogP contribution < -0.4 is 14.4 Å². The fourth-order valence-electron chi connectivity index (χ4n) is 4.36. The lowest BCUT2D eigenvalue weighted by Gasteiger charge is -2.35. The Morgan fingerprint density at radius 3 is 2.97 bits per heavy atom. The summed E-state index contributed by atoms with van der Waals surface area (Å²) in [4.78, 5) is 6.76. The van der Waals surface area contributed by atoms with Crippen LogP contribution in [0.25, 0.3) is 22.9 Å². The molecular formula is C23H27N5O3S. The largest absolute Gasteiger partial charge is 0.478 e. The maximum atomic E-state index is 9.09. The van der Waals surface area contributed by atoms with Gasteiger partial charge in [-0.25, -0.2) is 4.98 Å². The molecule has 1 unspecified atom stereocenters. The molecule has 2 aliphatic heterocycles. The molecule has 1 atom stereocenters. The number of aromatic nitrogens is 3. The van der Waals surface area contributed by atoms with E-state index in [-0.39, 0.29) is 6.61 Å². The SMILES string of the molecule is OCCSNc1ccc2c(c1)N1CCCC(CCCOc3cc(ccn3)-c3nnc-2o3)C1. The maximum Gasteiger partial charge on any atom is 0.250 e. The van der Waals surface area contributed by atoms with Crippen LogP contribution in [0.4, 0.5) is 11.4 Å². The standard InChI is InChI=1S/C23H27N5O3S/c29-10-12-32-27-18-5-6-19-20(14-18)28-9-1-3-16(15-28)4-2-11-30-21-13-17(7-8-24-21)22-25-26-23(19)31-22/h5-8,13-14,16,27,29H,1-4,9-12,15H2. The van der Waals surface area contributed by atoms with E-state index in [9.17, 15) is 0 Å². The monoisotopic (exact) mass is 453 g/mol. The van der Waals surface area contributed by atoms with Gasteiger partial charge in [-0.3, -0.25) is 0 Å². The van der Waals surface area contributed by atoms with Gasteiger partial charge in [0.2, 0.25) is 17.7 Å². The minimum absolute atomic E-state index is 0.140. The first-order valence-electron chi connectivity index (χ1n) is 11.1. The molecule has 6 bridgehead atoms. The van der Waals surface area contributed by atoms with Gasteiger partial charge in [-0.2, -0.15) is 0 Å². The Morgan fingerprint density at radius 2 is 2.03 bits per heavy atom. The average molecular weight is 454 g/mol. The lowest BCUT2D eigenvalue weighted by atomic mass is 9.92. The Labute approximate surface area is 191 Å². The molecule has 3 aromatic rings. The van der Waals surface area contributed by atoms with Crippen LogP contribution in [-0.2, 0) is 0 Å². The molecule has 9 heteroatoms. The zero-order chi connectivity index (χ0) is 21.8. The van der Waals surface area contributed by atoms with E-state index in [2.05, 4.69) is 30.9 Å². The second-order valence-electron chi connectivity index (χ2n) is 8.15. The molecule has 1 saturated heterocycles. The molecule has 0 radical (unpaired) electrons. The van der Waals surface area contributed by atoms with Gasteiger partial charge in [0.15, 0.2) is 0 Å². The minimum atomic E-state index is 0.140. The predicted octanol–water partition coefficient (Wildman–Crippen LogP) is 4.24. The third kappa shape index (κ3) is 4.68. The Bertz CT molecular complexity index is 1060. The molecule has 2 aliphatic rings. The highest BCUT2D eigenvalue weighted by atomic mass is 32.2. The Kier molecular flexibility index (Phi) is 6.45. The van der Waals surface area contributed by atoms with Crippen molar-refractivity contribution >= 4 is 23.3 Å². The van der Waals surface area contributed by atoms with Crippen LogP contribution >= 0.6 is 11.9 Å². The number of aliphatic hydroxyl groups is 1. The van der Waals surface area contributed by atoms with Crippen molar-refractivity contribution in [2.24, 2.45) is 5.92 Å². The Hall–Kier alpha value is -2.78. The van der Waals surface area contributed by atoms with Crippen molar-refractivity contribution in [2.45, 2.75) is 25.7 Å². The molecule has 0 saturated carbocycles. The molecule has 0 spiro atoms. The Morgan fingerprint density at radius 1 is 1.12 bits per heavy atom. The number of nitrogens with one attached hydrogen (secondary N) is 1. The van der Waals surface area contributed by atoms with Gasteiger partial charge in [0, 0.05) is 42.4 Å². The highest BCUT2D eigenvalue weighted by molar-refractivity contribution is 8.00. The van der Waals surface area contributed by atoms with Crippen LogP contribution in [0.2, 0.25) is 0 Å². The summed E-state index contributed by atoms with van der Waals surface area (Å²) in [6.07, 6.45) is 6.22. The molecular weight excluding hydrogens is 426 g/mol. The van der Waals surface area contributed by atoms with E-state index in [0.29, 0.717) is 35.9 Å². The molecule has 0 amide bonds. The number of pyridine rings is 1. The van der Waals surface area contributed by atoms with E-state index in [1.54, 1.807) is 6.20 Å². The molecule has 4 heterocycles. The molecule has 5 rings (SSSR count). The van der Waals surface area contributed by atoms with Gasteiger partial charge in [0.1, 0.15) is 0 Å². The van der Waals surface area contributed by atoms with Gasteiger partial charge >= 0.3 is 0 Å². The first kappa shape index (κ1) is 21.1. The second-order valence-corrected chi connectivity index (χ2v) is 9.05. The molecule has 0 aliphatic carbocycles. The molecule has 2 aromatic heterocycles. The smallest absolute Gasteiger partial charge is 0.250 e. The fourth-order valence-corrected chi connectivity index (χ4v) is 4.84. The van der Waals surface area contributed by atoms with Crippen molar-refractivity contribution < 1.29 is 14.3 Å². The molecule has 2 N–H and O–H groups in total. The van der Waals surface area contributed by atoms with Crippen molar-refractivity contribution in [2.75, 3.05) is 41.7 Å². The minimum Gasteiger partial charge on any atom is -0.478 e. The average Bonchev–Trinajstić information content (AvgIpc) is 3.32. The summed E-state index contributed by atoms with van der Waals surface area (Å²) in [7, 11) is 0. The predicted molar refractivity (Wildman–Crippen MR) is 126 cm³/mol. The summed E-state index contributed by atoms with van der Waals surface area (Å²) in [6.45, 7) is 2.78. The van der Waals surface area contributed by atoms with E-state index < -0.39 is 0 Å². The van der Waals surface area contributed by atoms with Crippen LogP contribution in [0.1, 0.15) is 25.7 Å². The number of nitrogens with zero attached hydrogens (tertiary/aromatic N) is 4. The van der Waals surface area contributed by atoms with Crippen molar-refractivity contribution in [1.29, 1.82) is 0 Å². The van der Waals surface area contributed by atoms with E-state index in [0.717, 1.165) is 54.9 Å². The fraction of sp³-hybridized carbons (Fsp3) is 0.435. The number of hydrogen-bond donors (Lipinski definition) is 2. The Balaban J connectivity index is 1.55. The molecule has 168 valence electrons. The lowest BCUT2D eigenvalue weighted by Crippen LogP contribution is -2.35. The highest BCUT2D eigenvalue weighted by Gasteiger charge is 2.25. The van der Waals surface area contributed by atoms with E-state index in [1.165, 1.54) is 18.4 Å². The topological polar surface area (TPSA) is 96.5 Å². The number of hydrogen-bond acceptors (Lipinski definition) is 9. The summed E-state index contributed by atoms with van der Waals surface area (Å²) in [5.74, 6) is 2.78. The third-order valence-corrected chi connectivity index (χ3v) is 6.65. The second kappa shape index (κ2) is 9.79. The van der Waals surface area contributed by atoms with Crippen LogP contribution in [-0.4, -0.2) is 52.3 Å². The first-order chi connectivity index (χ1) is 15.8. The van der Waals surface area contributed by atoms with Gasteiger partial charge in [0.05, 0.1) is 24.5 Å². The van der Waals surface area contributed by atoms with Gasteiger partial charge < -0.3 is 23.9 Å². The maximum absolute atomic E-state index is 9.09. The third-order valence-electron chi connectivity index (χ3n) is 5.88. The lowest BCUT2D eigenvalue weighted by molar-refractivity contribution is 0.274. The van der Waals surface area contributed by atoms with Crippen molar-refractivity contribution in [3.8, 4) is 28.8 Å². The summed E-state index contributed by atoms with van der Waals surface area (Å²) in [6, 6.07) is 9.91. The number of anilines is 2. The number of benzene rings is 1. The van der Waals surface area contributed by atoms with Crippen LogP contribution in [0, 0.1) is 5.92 Å². The number of aliphatic hydroxyl groups excluding tert-OH is 1. The summed E-state index contributed by atoms with van der Waals surface area (Å²) in [5, 5.41) is 17.8. The van der Waals surface area contributed by atoms with Gasteiger partial charge in [-0.05, 0) is 55.9 Å². The van der Waals surface area contributed by atoms with Crippen molar-refractivity contribution in [3.05, 3.63) is 36.5 Å². The van der Waals surface area contributed by atoms with Crippen LogP contribution in [0.5, 0.6) is 5.88 Å². The summed E-state index contributed by atoms with van der Waals surface area (Å²) in [5.41, 5.74) is 3.82. The summed E-state index contributed by atoms with van der Waals surface area (Å²) < 4.78 is 15.3. The number of ether oxygens (including phenoxy) is 1. The van der Waals surface area contributed by atoms with Crippen LogP contribution in [0.15, 0.2) is 40.9 Å². The number of fused-ring (bicyclic) bond motifs is 10. The number of piperidine rings is 1. The number of rotatable bonds is 4. The van der Waals surface area contributed by atoms with E-state index in [4.69, 9.17) is 14.3 Å². The van der Waals surface area contributed by atoms with Crippen molar-refractivity contribution in [3.63, 3.8) is 0 Å². The quantitative estimate of drug-likeness (QED) is 0.444. The first-order valence-corrected chi connectivity index (χ1v) is 12.1. The summed E-state index contributed by atoms with van der Waals surface area (Å²) >= 11 is 1.49. The van der Waals surface area contributed by atoms with Gasteiger partial charge in [-0.1, -0.05) is 11.9 Å². The zero-order valence-corrected chi connectivity index (χ0v) is 18.7.